The molecule has 0 aliphatic rings. The number of hydrogen-bond donors (Lipinski definition) is 3. The molecule has 0 aliphatic heterocycles. The van der Waals surface area contributed by atoms with Crippen LogP contribution in [0.3, 0.4) is 0 Å². The summed E-state index contributed by atoms with van der Waals surface area (Å²) in [4.78, 5) is 11.1. The molecule has 0 saturated carbocycles. The summed E-state index contributed by atoms with van der Waals surface area (Å²) in [6.07, 6.45) is 0.304. The first-order chi connectivity index (χ1) is 7.67. The normalized spacial score (nSPS) is 11.7. The molecule has 0 heterocycles. The van der Waals surface area contributed by atoms with E-state index in [1.165, 1.54) is 0 Å². The van der Waals surface area contributed by atoms with Gasteiger partial charge in [0, 0.05) is 0 Å². The molecule has 0 saturated heterocycles. The molecule has 1 atom stereocenters. The van der Waals surface area contributed by atoms with Gasteiger partial charge in [0.15, 0.2) is 0 Å². The van der Waals surface area contributed by atoms with Crippen LogP contribution in [0.5, 0.6) is 0 Å². The lowest BCUT2D eigenvalue weighted by atomic mass is 9.88. The Morgan fingerprint density at radius 2 is 2.00 bits per heavy atom. The number of hydrogen-bond acceptors (Lipinski definition) is 5. The van der Waals surface area contributed by atoms with Crippen LogP contribution in [-0.4, -0.2) is 37.2 Å². The van der Waals surface area contributed by atoms with E-state index in [9.17, 15) is 4.79 Å². The summed E-state index contributed by atoms with van der Waals surface area (Å²) in [7, 11) is 1.30. The van der Waals surface area contributed by atoms with E-state index in [0.717, 1.165) is 13.0 Å². The van der Waals surface area contributed by atoms with Crippen molar-refractivity contribution in [3.05, 3.63) is 29.8 Å². The van der Waals surface area contributed by atoms with Gasteiger partial charge in [-0.1, -0.05) is 29.7 Å². The molecular weight excluding hydrogens is 208 g/mol. The molecule has 0 amide bonds. The van der Waals surface area contributed by atoms with E-state index in [4.69, 9.17) is 15.8 Å². The maximum Gasteiger partial charge on any atom is 0.571 e. The lowest BCUT2D eigenvalue weighted by Crippen LogP contribution is -2.35. The van der Waals surface area contributed by atoms with Crippen molar-refractivity contribution in [3.63, 3.8) is 0 Å². The average Bonchev–Trinajstić information content (AvgIpc) is 2.30. The van der Waals surface area contributed by atoms with E-state index >= 15 is 0 Å². The van der Waals surface area contributed by atoms with Gasteiger partial charge in [-0.3, -0.25) is 4.79 Å². The van der Waals surface area contributed by atoms with Crippen molar-refractivity contribution in [3.8, 4) is 0 Å². The smallest absolute Gasteiger partial charge is 0.510 e. The van der Waals surface area contributed by atoms with Gasteiger partial charge < -0.3 is 20.4 Å². The zero-order valence-electron chi connectivity index (χ0n) is 8.54. The molecule has 0 unspecified atom stereocenters. The lowest BCUT2D eigenvalue weighted by molar-refractivity contribution is -0.136. The molecular formula is C9H11B2NO4. The summed E-state index contributed by atoms with van der Waals surface area (Å²) in [5.41, 5.74) is 7.05. The van der Waals surface area contributed by atoms with Gasteiger partial charge in [-0.05, 0) is 12.0 Å². The summed E-state index contributed by atoms with van der Waals surface area (Å²) < 4.78 is 4.24. The SMILES string of the molecule is N[C@@H](Cc1ccc([B]O)cc1)C(=O)O[B]O. The van der Waals surface area contributed by atoms with Crippen LogP contribution >= 0.6 is 0 Å². The van der Waals surface area contributed by atoms with Crippen LogP contribution in [0.15, 0.2) is 24.3 Å². The molecule has 0 fully saturated rings. The van der Waals surface area contributed by atoms with Gasteiger partial charge in [-0.15, -0.1) is 0 Å². The number of carbonyl (C=O) groups excluding carboxylic acids is 1. The predicted octanol–water partition coefficient (Wildman–Crippen LogP) is -2.14. The summed E-state index contributed by atoms with van der Waals surface area (Å²) in [5.74, 6) is -0.694. The van der Waals surface area contributed by atoms with Crippen LogP contribution in [0.1, 0.15) is 5.56 Å². The highest BCUT2D eigenvalue weighted by molar-refractivity contribution is 6.45. The van der Waals surface area contributed by atoms with Gasteiger partial charge in [0.05, 0.1) is 0 Å². The Bertz CT molecular complexity index is 344. The monoisotopic (exact) mass is 219 g/mol. The van der Waals surface area contributed by atoms with Crippen molar-refractivity contribution < 1.29 is 19.5 Å². The minimum absolute atomic E-state index is 0.304. The Kier molecular flexibility index (Phi) is 5.04. The van der Waals surface area contributed by atoms with Crippen LogP contribution in [0.2, 0.25) is 0 Å². The fourth-order valence-corrected chi connectivity index (χ4v) is 1.22. The molecule has 0 aliphatic carbocycles. The second-order valence-electron chi connectivity index (χ2n) is 3.22. The Morgan fingerprint density at radius 3 is 2.50 bits per heavy atom. The summed E-state index contributed by atoms with van der Waals surface area (Å²) >= 11 is 0. The first-order valence-electron chi connectivity index (χ1n) is 4.65. The fourth-order valence-electron chi connectivity index (χ4n) is 1.22. The first-order valence-corrected chi connectivity index (χ1v) is 4.65. The van der Waals surface area contributed by atoms with E-state index in [0.29, 0.717) is 19.6 Å². The molecule has 82 valence electrons. The van der Waals surface area contributed by atoms with Crippen molar-refractivity contribution in [2.75, 3.05) is 0 Å². The van der Waals surface area contributed by atoms with E-state index < -0.39 is 12.0 Å². The summed E-state index contributed by atoms with van der Waals surface area (Å²) in [6, 6.07) is 6.07. The minimum Gasteiger partial charge on any atom is -0.510 e. The Balaban J connectivity index is 2.55. The van der Waals surface area contributed by atoms with E-state index in [1.54, 1.807) is 24.3 Å². The molecule has 0 aromatic heterocycles. The summed E-state index contributed by atoms with van der Waals surface area (Å²) in [5, 5.41) is 17.0. The molecule has 1 aromatic carbocycles. The zero-order valence-corrected chi connectivity index (χ0v) is 8.54. The van der Waals surface area contributed by atoms with Gasteiger partial charge in [0.1, 0.15) is 6.04 Å². The molecule has 2 radical (unpaired) electrons. The molecule has 5 nitrogen and oxygen atoms in total. The minimum atomic E-state index is -0.827. The highest BCUT2D eigenvalue weighted by atomic mass is 16.6. The predicted molar refractivity (Wildman–Crippen MR) is 59.8 cm³/mol. The molecule has 0 bridgehead atoms. The molecule has 1 rings (SSSR count). The Morgan fingerprint density at radius 1 is 1.38 bits per heavy atom. The van der Waals surface area contributed by atoms with E-state index in [1.807, 2.05) is 0 Å². The van der Waals surface area contributed by atoms with Crippen LogP contribution in [0.4, 0.5) is 0 Å². The van der Waals surface area contributed by atoms with Crippen molar-refractivity contribution >= 4 is 26.6 Å². The standard InChI is InChI=1S/C9H11B2NO4/c12-8(9(13)16-11-15)5-6-1-3-7(10-14)4-2-6/h1-4,8,14-15H,5,12H2/t8-/m0/s1. The van der Waals surface area contributed by atoms with Crippen LogP contribution in [0, 0.1) is 0 Å². The largest absolute Gasteiger partial charge is 0.571 e. The van der Waals surface area contributed by atoms with Crippen LogP contribution in [-0.2, 0) is 15.9 Å². The van der Waals surface area contributed by atoms with Crippen molar-refractivity contribution in [2.24, 2.45) is 5.73 Å². The van der Waals surface area contributed by atoms with Gasteiger partial charge >= 0.3 is 21.1 Å². The van der Waals surface area contributed by atoms with Gasteiger partial charge in [0.25, 0.3) is 0 Å². The highest BCUT2D eigenvalue weighted by Crippen LogP contribution is 2.01. The Hall–Kier alpha value is -1.30. The van der Waals surface area contributed by atoms with Gasteiger partial charge in [-0.25, -0.2) is 0 Å². The summed E-state index contributed by atoms with van der Waals surface area (Å²) in [6.45, 7) is 0. The highest BCUT2D eigenvalue weighted by Gasteiger charge is 2.15. The number of rotatable bonds is 5. The second-order valence-corrected chi connectivity index (χ2v) is 3.22. The van der Waals surface area contributed by atoms with E-state index in [2.05, 4.69) is 4.65 Å². The van der Waals surface area contributed by atoms with Gasteiger partial charge in [0.2, 0.25) is 0 Å². The second kappa shape index (κ2) is 6.32. The number of carbonyl (C=O) groups is 1. The number of nitrogens with two attached hydrogens (primary N) is 1. The quantitative estimate of drug-likeness (QED) is 0.491. The van der Waals surface area contributed by atoms with Crippen molar-refractivity contribution in [2.45, 2.75) is 12.5 Å². The number of benzene rings is 1. The average molecular weight is 219 g/mol. The van der Waals surface area contributed by atoms with Gasteiger partial charge in [-0.2, -0.15) is 0 Å². The van der Waals surface area contributed by atoms with Crippen molar-refractivity contribution in [1.82, 2.24) is 0 Å². The molecule has 7 heteroatoms. The maximum atomic E-state index is 11.1. The zero-order chi connectivity index (χ0) is 12.0. The van der Waals surface area contributed by atoms with Crippen LogP contribution in [0.25, 0.3) is 0 Å². The molecule has 0 spiro atoms. The molecule has 1 aromatic rings. The lowest BCUT2D eigenvalue weighted by Gasteiger charge is -2.10. The van der Waals surface area contributed by atoms with E-state index in [-0.39, 0.29) is 0 Å². The van der Waals surface area contributed by atoms with Crippen LogP contribution < -0.4 is 11.2 Å². The molecule has 4 N–H and O–H groups in total. The third-order valence-corrected chi connectivity index (χ3v) is 2.06. The topological polar surface area (TPSA) is 92.8 Å². The maximum absolute atomic E-state index is 11.1. The third kappa shape index (κ3) is 3.69. The first kappa shape index (κ1) is 12.8. The van der Waals surface area contributed by atoms with Crippen molar-refractivity contribution in [1.29, 1.82) is 0 Å². The Labute approximate surface area is 94.8 Å². The fraction of sp³-hybridized carbons (Fsp3) is 0.222. The third-order valence-electron chi connectivity index (χ3n) is 2.06. The molecule has 16 heavy (non-hydrogen) atoms.